The van der Waals surface area contributed by atoms with Crippen LogP contribution in [-0.2, 0) is 9.53 Å². The highest BCUT2D eigenvalue weighted by Gasteiger charge is 2.16. The van der Waals surface area contributed by atoms with Gasteiger partial charge in [0.15, 0.2) is 0 Å². The highest BCUT2D eigenvalue weighted by molar-refractivity contribution is 5.77. The minimum Gasteiger partial charge on any atom is -0.372 e. The van der Waals surface area contributed by atoms with Crippen LogP contribution in [-0.4, -0.2) is 32.2 Å². The Labute approximate surface area is 85.2 Å². The number of rotatable bonds is 7. The van der Waals surface area contributed by atoms with Crippen LogP contribution in [0, 0.1) is 5.92 Å². The molecule has 1 aliphatic carbocycles. The van der Waals surface area contributed by atoms with Gasteiger partial charge in [0.2, 0.25) is 5.91 Å². The highest BCUT2D eigenvalue weighted by Crippen LogP contribution is 2.28. The lowest BCUT2D eigenvalue weighted by atomic mass is 9.83. The Balaban J connectivity index is 1.84. The van der Waals surface area contributed by atoms with Crippen molar-refractivity contribution < 1.29 is 9.53 Å². The molecule has 0 aromatic carbocycles. The summed E-state index contributed by atoms with van der Waals surface area (Å²) in [6, 6.07) is 0. The molecule has 0 saturated heterocycles. The summed E-state index contributed by atoms with van der Waals surface area (Å²) in [5.74, 6) is 0.783. The average Bonchev–Trinajstić information content (AvgIpc) is 2.11. The van der Waals surface area contributed by atoms with Crippen LogP contribution in [0.25, 0.3) is 0 Å². The van der Waals surface area contributed by atoms with E-state index in [0.29, 0.717) is 19.7 Å². The molecule has 0 radical (unpaired) electrons. The highest BCUT2D eigenvalue weighted by atomic mass is 16.5. The molecule has 1 saturated carbocycles. The lowest BCUT2D eigenvalue weighted by Crippen LogP contribution is -2.32. The fraction of sp³-hybridized carbons (Fsp3) is 0.900. The molecule has 0 heterocycles. The molecule has 0 atom stereocenters. The zero-order valence-corrected chi connectivity index (χ0v) is 8.63. The number of carbonyl (C=O) groups excluding carboxylic acids is 1. The minimum atomic E-state index is -0.0657. The number of nitrogens with one attached hydrogen (secondary N) is 1. The van der Waals surface area contributed by atoms with Crippen LogP contribution in [0.4, 0.5) is 0 Å². The summed E-state index contributed by atoms with van der Waals surface area (Å²) in [5, 5.41) is 2.66. The fourth-order valence-electron chi connectivity index (χ4n) is 1.46. The van der Waals surface area contributed by atoms with Crippen LogP contribution in [0.3, 0.4) is 0 Å². The average molecular weight is 200 g/mol. The second kappa shape index (κ2) is 6.79. The third kappa shape index (κ3) is 4.58. The molecule has 82 valence electrons. The first-order valence-electron chi connectivity index (χ1n) is 5.37. The first-order chi connectivity index (χ1) is 6.83. The molecule has 0 aromatic heterocycles. The van der Waals surface area contributed by atoms with Crippen molar-refractivity contribution in [3.8, 4) is 0 Å². The summed E-state index contributed by atoms with van der Waals surface area (Å²) in [6.07, 6.45) is 5.14. The van der Waals surface area contributed by atoms with E-state index in [2.05, 4.69) is 5.32 Å². The third-order valence-electron chi connectivity index (χ3n) is 2.59. The van der Waals surface area contributed by atoms with Gasteiger partial charge in [-0.25, -0.2) is 0 Å². The lowest BCUT2D eigenvalue weighted by molar-refractivity contribution is -0.125. The fourth-order valence-corrected chi connectivity index (χ4v) is 1.46. The molecule has 1 rings (SSSR count). The largest absolute Gasteiger partial charge is 0.372 e. The van der Waals surface area contributed by atoms with E-state index in [1.807, 2.05) is 0 Å². The molecular weight excluding hydrogens is 180 g/mol. The summed E-state index contributed by atoms with van der Waals surface area (Å²) in [7, 11) is 0. The van der Waals surface area contributed by atoms with Gasteiger partial charge in [0.25, 0.3) is 0 Å². The Hall–Kier alpha value is -0.610. The SMILES string of the molecule is NCCNC(=O)COCCC1CCC1. The van der Waals surface area contributed by atoms with Crippen LogP contribution in [0.5, 0.6) is 0 Å². The second-order valence-corrected chi connectivity index (χ2v) is 3.78. The van der Waals surface area contributed by atoms with Crippen LogP contribution in [0.1, 0.15) is 25.7 Å². The van der Waals surface area contributed by atoms with Gasteiger partial charge in [-0.05, 0) is 12.3 Å². The maximum atomic E-state index is 11.0. The zero-order chi connectivity index (χ0) is 10.2. The standard InChI is InChI=1S/C10H20N2O2/c11-5-6-12-10(13)8-14-7-4-9-2-1-3-9/h9H,1-8,11H2,(H,12,13). The lowest BCUT2D eigenvalue weighted by Gasteiger charge is -2.24. The normalized spacial score (nSPS) is 16.4. The van der Waals surface area contributed by atoms with Crippen LogP contribution in [0.15, 0.2) is 0 Å². The second-order valence-electron chi connectivity index (χ2n) is 3.78. The molecule has 0 aliphatic heterocycles. The molecule has 1 amide bonds. The van der Waals surface area contributed by atoms with Gasteiger partial charge in [-0.15, -0.1) is 0 Å². The van der Waals surface area contributed by atoms with E-state index in [0.717, 1.165) is 12.3 Å². The Bertz CT molecular complexity index is 170. The summed E-state index contributed by atoms with van der Waals surface area (Å²) in [5.41, 5.74) is 5.24. The summed E-state index contributed by atoms with van der Waals surface area (Å²) in [4.78, 5) is 11.0. The molecule has 1 aliphatic rings. The molecular formula is C10H20N2O2. The van der Waals surface area contributed by atoms with Crippen molar-refractivity contribution in [2.45, 2.75) is 25.7 Å². The Kier molecular flexibility index (Phi) is 5.56. The van der Waals surface area contributed by atoms with E-state index in [1.54, 1.807) is 0 Å². The first-order valence-corrected chi connectivity index (χ1v) is 5.37. The molecule has 14 heavy (non-hydrogen) atoms. The Morgan fingerprint density at radius 3 is 2.86 bits per heavy atom. The van der Waals surface area contributed by atoms with Crippen molar-refractivity contribution in [3.63, 3.8) is 0 Å². The number of carbonyl (C=O) groups is 1. The third-order valence-corrected chi connectivity index (χ3v) is 2.59. The van der Waals surface area contributed by atoms with E-state index < -0.39 is 0 Å². The predicted molar refractivity (Wildman–Crippen MR) is 54.8 cm³/mol. The van der Waals surface area contributed by atoms with E-state index in [-0.39, 0.29) is 12.5 Å². The summed E-state index contributed by atoms with van der Waals surface area (Å²) < 4.78 is 5.25. The monoisotopic (exact) mass is 200 g/mol. The van der Waals surface area contributed by atoms with E-state index in [1.165, 1.54) is 19.3 Å². The van der Waals surface area contributed by atoms with Crippen molar-refractivity contribution >= 4 is 5.91 Å². The van der Waals surface area contributed by atoms with Gasteiger partial charge in [0.05, 0.1) is 0 Å². The van der Waals surface area contributed by atoms with Gasteiger partial charge >= 0.3 is 0 Å². The van der Waals surface area contributed by atoms with E-state index in [4.69, 9.17) is 10.5 Å². The quantitative estimate of drug-likeness (QED) is 0.580. The number of amides is 1. The van der Waals surface area contributed by atoms with Crippen molar-refractivity contribution in [3.05, 3.63) is 0 Å². The van der Waals surface area contributed by atoms with Crippen LogP contribution < -0.4 is 11.1 Å². The molecule has 1 fully saturated rings. The van der Waals surface area contributed by atoms with Gasteiger partial charge in [-0.3, -0.25) is 4.79 Å². The molecule has 4 heteroatoms. The predicted octanol–water partition coefficient (Wildman–Crippen LogP) is 0.268. The smallest absolute Gasteiger partial charge is 0.246 e. The van der Waals surface area contributed by atoms with Crippen LogP contribution in [0.2, 0.25) is 0 Å². The van der Waals surface area contributed by atoms with Gasteiger partial charge in [0.1, 0.15) is 6.61 Å². The topological polar surface area (TPSA) is 64.3 Å². The van der Waals surface area contributed by atoms with Crippen molar-refractivity contribution in [1.29, 1.82) is 0 Å². The van der Waals surface area contributed by atoms with E-state index >= 15 is 0 Å². The molecule has 0 unspecified atom stereocenters. The maximum Gasteiger partial charge on any atom is 0.246 e. The summed E-state index contributed by atoms with van der Waals surface area (Å²) >= 11 is 0. The molecule has 4 nitrogen and oxygen atoms in total. The Morgan fingerprint density at radius 2 is 2.29 bits per heavy atom. The van der Waals surface area contributed by atoms with Gasteiger partial charge in [-0.1, -0.05) is 19.3 Å². The number of hydrogen-bond acceptors (Lipinski definition) is 3. The van der Waals surface area contributed by atoms with E-state index in [9.17, 15) is 4.79 Å². The minimum absolute atomic E-state index is 0.0657. The van der Waals surface area contributed by atoms with Crippen molar-refractivity contribution in [2.75, 3.05) is 26.3 Å². The summed E-state index contributed by atoms with van der Waals surface area (Å²) in [6.45, 7) is 1.89. The van der Waals surface area contributed by atoms with Crippen molar-refractivity contribution in [1.82, 2.24) is 5.32 Å². The van der Waals surface area contributed by atoms with Gasteiger partial charge in [0, 0.05) is 19.7 Å². The number of nitrogens with two attached hydrogens (primary N) is 1. The Morgan fingerprint density at radius 1 is 1.50 bits per heavy atom. The van der Waals surface area contributed by atoms with Crippen LogP contribution >= 0.6 is 0 Å². The first kappa shape index (κ1) is 11.5. The van der Waals surface area contributed by atoms with Crippen molar-refractivity contribution in [2.24, 2.45) is 11.7 Å². The van der Waals surface area contributed by atoms with Gasteiger partial charge < -0.3 is 15.8 Å². The molecule has 0 spiro atoms. The molecule has 0 bridgehead atoms. The zero-order valence-electron chi connectivity index (χ0n) is 8.63. The number of ether oxygens (including phenoxy) is 1. The number of hydrogen-bond donors (Lipinski definition) is 2. The molecule has 3 N–H and O–H groups in total. The van der Waals surface area contributed by atoms with Gasteiger partial charge in [-0.2, -0.15) is 0 Å². The maximum absolute atomic E-state index is 11.0. The molecule has 0 aromatic rings.